The Morgan fingerprint density at radius 3 is 2.06 bits per heavy atom. The Kier molecular flexibility index (Phi) is 10.7. The number of rotatable bonds is 8. The number of ether oxygens (including phenoxy) is 2. The molecule has 0 bridgehead atoms. The van der Waals surface area contributed by atoms with E-state index >= 15 is 0 Å². The van der Waals surface area contributed by atoms with E-state index in [4.69, 9.17) is 9.47 Å². The fourth-order valence-corrected chi connectivity index (χ4v) is 8.11. The Balaban J connectivity index is 1.37. The number of hydrogen-bond donors (Lipinski definition) is 0. The molecule has 0 heterocycles. The van der Waals surface area contributed by atoms with Gasteiger partial charge in [-0.15, -0.1) is 0 Å². The third kappa shape index (κ3) is 8.61. The molecule has 4 unspecified atom stereocenters. The number of para-hydroxylation sites is 2. The molecule has 4 nitrogen and oxygen atoms in total. The zero-order valence-corrected chi connectivity index (χ0v) is 21.4. The van der Waals surface area contributed by atoms with E-state index in [9.17, 15) is 9.59 Å². The van der Waals surface area contributed by atoms with Crippen molar-refractivity contribution in [1.29, 1.82) is 0 Å². The molecule has 1 aliphatic carbocycles. The second-order valence-electron chi connectivity index (χ2n) is 7.94. The fourth-order valence-electron chi connectivity index (χ4n) is 3.59. The molecule has 0 aliphatic heterocycles. The number of carbonyl (C=O) groups excluding carboxylic acids is 2. The summed E-state index contributed by atoms with van der Waals surface area (Å²) in [6.07, 6.45) is 3.44. The highest BCUT2D eigenvalue weighted by atomic mass is 33.1. The van der Waals surface area contributed by atoms with Crippen LogP contribution < -0.4 is 9.47 Å². The molecule has 1 fully saturated rings. The van der Waals surface area contributed by atoms with Crippen molar-refractivity contribution in [3.63, 3.8) is 0 Å². The van der Waals surface area contributed by atoms with Crippen LogP contribution in [0.15, 0.2) is 60.7 Å². The predicted molar refractivity (Wildman–Crippen MR) is 140 cm³/mol. The normalized spacial score (nSPS) is 21.5. The lowest BCUT2D eigenvalue weighted by Gasteiger charge is -2.36. The van der Waals surface area contributed by atoms with Crippen molar-refractivity contribution in [2.45, 2.75) is 38.4 Å². The summed E-state index contributed by atoms with van der Waals surface area (Å²) in [4.78, 5) is 24.2. The molecule has 1 aliphatic rings. The Bertz CT molecular complexity index is 850. The van der Waals surface area contributed by atoms with Crippen LogP contribution in [0.25, 0.3) is 0 Å². The van der Waals surface area contributed by atoms with Crippen molar-refractivity contribution < 1.29 is 19.1 Å². The molecule has 2 aromatic rings. The lowest BCUT2D eigenvalue weighted by Crippen LogP contribution is -2.29. The lowest BCUT2D eigenvalue weighted by atomic mass is 9.77. The molecule has 0 aromatic heterocycles. The minimum atomic E-state index is -0.285. The van der Waals surface area contributed by atoms with Gasteiger partial charge in [0.2, 0.25) is 0 Å². The van der Waals surface area contributed by atoms with Crippen LogP contribution in [0.1, 0.15) is 33.1 Å². The lowest BCUT2D eigenvalue weighted by molar-refractivity contribution is 0.226. The highest BCUT2D eigenvalue weighted by molar-refractivity contribution is 8.82. The average Bonchev–Trinajstić information content (AvgIpc) is 2.79. The van der Waals surface area contributed by atoms with Crippen molar-refractivity contribution in [2.75, 3.05) is 5.75 Å². The maximum Gasteiger partial charge on any atom is 0.383 e. The van der Waals surface area contributed by atoms with Crippen LogP contribution >= 0.6 is 43.2 Å². The second-order valence-corrected chi connectivity index (χ2v) is 12.6. The van der Waals surface area contributed by atoms with Crippen molar-refractivity contribution in [2.24, 2.45) is 17.8 Å². The van der Waals surface area contributed by atoms with Crippen molar-refractivity contribution >= 4 is 53.8 Å². The molecular formula is C24H28O4S4. The topological polar surface area (TPSA) is 52.6 Å². The van der Waals surface area contributed by atoms with Gasteiger partial charge in [0.15, 0.2) is 0 Å². The second kappa shape index (κ2) is 13.5. The van der Waals surface area contributed by atoms with Gasteiger partial charge in [0, 0.05) is 32.6 Å². The third-order valence-electron chi connectivity index (χ3n) is 5.55. The summed E-state index contributed by atoms with van der Waals surface area (Å²) in [6, 6.07) is 18.3. The van der Waals surface area contributed by atoms with Crippen LogP contribution in [-0.4, -0.2) is 21.6 Å². The van der Waals surface area contributed by atoms with Gasteiger partial charge in [-0.25, -0.2) is 9.59 Å². The molecule has 0 N–H and O–H groups in total. The molecule has 4 atom stereocenters. The largest absolute Gasteiger partial charge is 0.418 e. The van der Waals surface area contributed by atoms with Gasteiger partial charge in [-0.1, -0.05) is 71.8 Å². The van der Waals surface area contributed by atoms with Crippen molar-refractivity contribution in [3.8, 4) is 11.5 Å². The summed E-state index contributed by atoms with van der Waals surface area (Å²) in [6.45, 7) is 4.53. The highest BCUT2D eigenvalue weighted by Crippen LogP contribution is 2.45. The first-order valence-corrected chi connectivity index (χ1v) is 15.2. The number of hydrogen-bond acceptors (Lipinski definition) is 8. The minimum absolute atomic E-state index is 0.271. The first kappa shape index (κ1) is 25.4. The van der Waals surface area contributed by atoms with Crippen LogP contribution in [0.2, 0.25) is 0 Å². The van der Waals surface area contributed by atoms with Crippen LogP contribution in [0.4, 0.5) is 9.59 Å². The Hall–Kier alpha value is -1.22. The fraction of sp³-hybridized carbons (Fsp3) is 0.417. The van der Waals surface area contributed by atoms with Crippen molar-refractivity contribution in [3.05, 3.63) is 60.7 Å². The van der Waals surface area contributed by atoms with Crippen LogP contribution in [0.3, 0.4) is 0 Å². The summed E-state index contributed by atoms with van der Waals surface area (Å²) >= 11 is 0. The van der Waals surface area contributed by atoms with Gasteiger partial charge in [0.25, 0.3) is 0 Å². The molecule has 2 aromatic carbocycles. The zero-order chi connectivity index (χ0) is 22.8. The van der Waals surface area contributed by atoms with E-state index in [1.54, 1.807) is 45.9 Å². The van der Waals surface area contributed by atoms with Gasteiger partial charge >= 0.3 is 10.6 Å². The number of carbonyl (C=O) groups is 2. The quantitative estimate of drug-likeness (QED) is 0.259. The molecular weight excluding hydrogens is 481 g/mol. The maximum atomic E-state index is 12.2. The Morgan fingerprint density at radius 2 is 1.47 bits per heavy atom. The van der Waals surface area contributed by atoms with Crippen LogP contribution in [0, 0.1) is 17.8 Å². The molecule has 32 heavy (non-hydrogen) atoms. The van der Waals surface area contributed by atoms with E-state index in [0.717, 1.165) is 18.6 Å². The highest BCUT2D eigenvalue weighted by Gasteiger charge is 2.32. The van der Waals surface area contributed by atoms with E-state index in [-0.39, 0.29) is 10.6 Å². The monoisotopic (exact) mass is 508 g/mol. The zero-order valence-electron chi connectivity index (χ0n) is 18.2. The molecule has 172 valence electrons. The molecule has 3 rings (SSSR count). The standard InChI is InChI=1S/C24H28O4S4/c1-17-13-14-19(15-22(17)30-32-24(26)28-21-11-7-4-8-12-21)18(2)16-29-31-23(25)27-20-9-5-3-6-10-20/h3-12,17-19,22H,13-16H2,1-2H3. The van der Waals surface area contributed by atoms with E-state index < -0.39 is 0 Å². The SMILES string of the molecule is CC(CSSC(=O)Oc1ccccc1)C1CCC(C)C(SSC(=O)Oc2ccccc2)C1. The van der Waals surface area contributed by atoms with E-state index in [2.05, 4.69) is 13.8 Å². The van der Waals surface area contributed by atoms with Gasteiger partial charge < -0.3 is 9.47 Å². The van der Waals surface area contributed by atoms with Crippen LogP contribution in [-0.2, 0) is 0 Å². The first-order valence-electron chi connectivity index (χ1n) is 10.7. The predicted octanol–water partition coefficient (Wildman–Crippen LogP) is 8.59. The number of benzene rings is 2. The summed E-state index contributed by atoms with van der Waals surface area (Å²) in [7, 11) is 5.57. The Morgan fingerprint density at radius 1 is 0.906 bits per heavy atom. The van der Waals surface area contributed by atoms with Gasteiger partial charge in [-0.3, -0.25) is 0 Å². The molecule has 0 radical (unpaired) electrons. The molecule has 0 amide bonds. The first-order chi connectivity index (χ1) is 15.5. The van der Waals surface area contributed by atoms with E-state index in [1.165, 1.54) is 28.0 Å². The smallest absolute Gasteiger partial charge is 0.383 e. The van der Waals surface area contributed by atoms with Gasteiger partial charge in [0.1, 0.15) is 11.5 Å². The summed E-state index contributed by atoms with van der Waals surface area (Å²) in [5, 5.41) is -0.134. The molecule has 0 saturated heterocycles. The average molecular weight is 509 g/mol. The van der Waals surface area contributed by atoms with Gasteiger partial charge in [-0.2, -0.15) is 0 Å². The van der Waals surface area contributed by atoms with E-state index in [0.29, 0.717) is 34.5 Å². The van der Waals surface area contributed by atoms with Crippen LogP contribution in [0.5, 0.6) is 11.5 Å². The van der Waals surface area contributed by atoms with E-state index in [1.807, 2.05) is 36.4 Å². The van der Waals surface area contributed by atoms with Gasteiger partial charge in [0.05, 0.1) is 0 Å². The molecule has 8 heteroatoms. The summed E-state index contributed by atoms with van der Waals surface area (Å²) in [5.74, 6) is 3.70. The molecule has 1 saturated carbocycles. The third-order valence-corrected chi connectivity index (χ3v) is 10.4. The summed E-state index contributed by atoms with van der Waals surface area (Å²) in [5.41, 5.74) is 0. The molecule has 0 spiro atoms. The Labute approximate surface area is 206 Å². The summed E-state index contributed by atoms with van der Waals surface area (Å²) < 4.78 is 10.7. The minimum Gasteiger partial charge on any atom is -0.418 e. The van der Waals surface area contributed by atoms with Gasteiger partial charge in [-0.05, 0) is 61.3 Å². The maximum absolute atomic E-state index is 12.2. The van der Waals surface area contributed by atoms with Crippen molar-refractivity contribution in [1.82, 2.24) is 0 Å².